The van der Waals surface area contributed by atoms with Gasteiger partial charge in [-0.05, 0) is 0 Å². The zero-order valence-corrected chi connectivity index (χ0v) is 21.0. The zero-order chi connectivity index (χ0) is 15.3. The summed E-state index contributed by atoms with van der Waals surface area (Å²) < 4.78 is 0. The second kappa shape index (κ2) is 17.2. The van der Waals surface area contributed by atoms with Gasteiger partial charge < -0.3 is 49.8 Å². The standard InChI is InChI=1S/C8H11NO10.4Na/c10-3(7(16)17)1(5(12)13)9-2(6(14)15)4(11)8(18)19;;;;/h1-4,9-11H,(H,12,13)(H,14,15)(H,16,17)(H,18,19);;;;/q;4*+1/p-4. The summed E-state index contributed by atoms with van der Waals surface area (Å²) in [5, 5.41) is 60.7. The first kappa shape index (κ1) is 35.8. The fraction of sp³-hybridized carbons (Fsp3) is 0.500. The number of hydrogen-bond donors (Lipinski definition) is 3. The van der Waals surface area contributed by atoms with Crippen LogP contribution in [-0.2, 0) is 19.2 Å². The van der Waals surface area contributed by atoms with Gasteiger partial charge in [-0.3, -0.25) is 5.32 Å². The quantitative estimate of drug-likeness (QED) is 0.341. The molecule has 11 nitrogen and oxygen atoms in total. The van der Waals surface area contributed by atoms with Crippen molar-refractivity contribution >= 4 is 23.9 Å². The van der Waals surface area contributed by atoms with E-state index in [0.29, 0.717) is 0 Å². The maximum atomic E-state index is 10.5. The Labute approximate surface area is 218 Å². The molecule has 23 heavy (non-hydrogen) atoms. The number of carbonyl (C=O) groups is 4. The summed E-state index contributed by atoms with van der Waals surface area (Å²) in [6.45, 7) is 0. The zero-order valence-electron chi connectivity index (χ0n) is 13.0. The maximum Gasteiger partial charge on any atom is 1.00 e. The summed E-state index contributed by atoms with van der Waals surface area (Å²) >= 11 is 0. The SMILES string of the molecule is O=C([O-])C(O)C(NC(C(=O)[O-])C(O)C(=O)[O-])C(=O)[O-].[Na+].[Na+].[Na+].[Na+]. The fourth-order valence-corrected chi connectivity index (χ4v) is 1.04. The van der Waals surface area contributed by atoms with Crippen molar-refractivity contribution in [2.75, 3.05) is 0 Å². The molecule has 0 rings (SSSR count). The van der Waals surface area contributed by atoms with Gasteiger partial charge in [0.1, 0.15) is 12.2 Å². The van der Waals surface area contributed by atoms with Crippen LogP contribution in [-0.4, -0.2) is 58.4 Å². The predicted molar refractivity (Wildman–Crippen MR) is 42.8 cm³/mol. The molecule has 0 amide bonds. The molecule has 0 heterocycles. The van der Waals surface area contributed by atoms with E-state index in [1.807, 2.05) is 0 Å². The third-order valence-corrected chi connectivity index (χ3v) is 1.98. The van der Waals surface area contributed by atoms with Crippen LogP contribution < -0.4 is 144 Å². The monoisotopic (exact) mass is 369 g/mol. The number of aliphatic hydroxyl groups is 2. The number of carboxylic acids is 4. The Morgan fingerprint density at radius 2 is 0.826 bits per heavy atom. The second-order valence-corrected chi connectivity index (χ2v) is 3.29. The molecule has 0 aliphatic heterocycles. The van der Waals surface area contributed by atoms with E-state index < -0.39 is 48.2 Å². The van der Waals surface area contributed by atoms with E-state index in [4.69, 9.17) is 10.2 Å². The largest absolute Gasteiger partial charge is 1.00 e. The molecule has 108 valence electrons. The Kier molecular flexibility index (Phi) is 26.8. The molecule has 0 fully saturated rings. The van der Waals surface area contributed by atoms with Gasteiger partial charge in [0.15, 0.2) is 0 Å². The van der Waals surface area contributed by atoms with Crippen molar-refractivity contribution in [1.82, 2.24) is 5.32 Å². The number of nitrogens with one attached hydrogen (secondary N) is 1. The van der Waals surface area contributed by atoms with Gasteiger partial charge in [-0.2, -0.15) is 0 Å². The minimum atomic E-state index is -2.75. The van der Waals surface area contributed by atoms with Gasteiger partial charge in [0, 0.05) is 0 Å². The van der Waals surface area contributed by atoms with E-state index in [1.165, 1.54) is 5.32 Å². The van der Waals surface area contributed by atoms with Crippen molar-refractivity contribution in [3.8, 4) is 0 Å². The smallest absolute Gasteiger partial charge is 0.548 e. The fourth-order valence-electron chi connectivity index (χ4n) is 1.04. The average molecular weight is 369 g/mol. The van der Waals surface area contributed by atoms with Gasteiger partial charge in [-0.1, -0.05) is 0 Å². The maximum absolute atomic E-state index is 10.5. The summed E-state index contributed by atoms with van der Waals surface area (Å²) in [5.74, 6) is -9.12. The van der Waals surface area contributed by atoms with Gasteiger partial charge in [0.05, 0.1) is 36.0 Å². The number of carboxylic acid groups (broad SMARTS) is 4. The minimum absolute atomic E-state index is 0. The molecule has 15 heteroatoms. The van der Waals surface area contributed by atoms with Crippen LogP contribution in [0, 0.1) is 0 Å². The van der Waals surface area contributed by atoms with Gasteiger partial charge in [-0.25, -0.2) is 0 Å². The van der Waals surface area contributed by atoms with E-state index >= 15 is 0 Å². The van der Waals surface area contributed by atoms with Gasteiger partial charge in [0.25, 0.3) is 0 Å². The molecule has 0 aromatic carbocycles. The Bertz CT molecular complexity index is 372. The molecular weight excluding hydrogens is 362 g/mol. The van der Waals surface area contributed by atoms with Crippen molar-refractivity contribution in [1.29, 1.82) is 0 Å². The number of carbonyl (C=O) groups excluding carboxylic acids is 4. The Hall–Kier alpha value is 1.76. The van der Waals surface area contributed by atoms with Crippen molar-refractivity contribution in [3.05, 3.63) is 0 Å². The normalized spacial score (nSPS) is 14.0. The topological polar surface area (TPSA) is 213 Å². The number of aliphatic hydroxyl groups excluding tert-OH is 2. The first-order valence-electron chi connectivity index (χ1n) is 4.55. The molecule has 0 aliphatic rings. The number of aliphatic carboxylic acids is 4. The van der Waals surface area contributed by atoms with Crippen molar-refractivity contribution in [2.24, 2.45) is 0 Å². The van der Waals surface area contributed by atoms with Crippen molar-refractivity contribution in [2.45, 2.75) is 24.3 Å². The van der Waals surface area contributed by atoms with E-state index in [-0.39, 0.29) is 118 Å². The van der Waals surface area contributed by atoms with Crippen LogP contribution in [0.5, 0.6) is 0 Å². The molecule has 0 bridgehead atoms. The van der Waals surface area contributed by atoms with Crippen LogP contribution in [0.3, 0.4) is 0 Å². The molecule has 0 radical (unpaired) electrons. The van der Waals surface area contributed by atoms with E-state index in [9.17, 15) is 39.6 Å². The number of rotatable bonds is 8. The Morgan fingerprint density at radius 3 is 0.957 bits per heavy atom. The first-order chi connectivity index (χ1) is 8.59. The number of hydrogen-bond acceptors (Lipinski definition) is 11. The molecule has 0 saturated carbocycles. The molecule has 4 atom stereocenters. The summed E-state index contributed by atoms with van der Waals surface area (Å²) in [5.41, 5.74) is 0. The summed E-state index contributed by atoms with van der Waals surface area (Å²) in [7, 11) is 0. The molecule has 0 aromatic heterocycles. The molecule has 0 spiro atoms. The summed E-state index contributed by atoms with van der Waals surface area (Å²) in [6.07, 6.45) is -5.50. The van der Waals surface area contributed by atoms with Crippen molar-refractivity contribution in [3.63, 3.8) is 0 Å². The molecule has 0 aliphatic carbocycles. The summed E-state index contributed by atoms with van der Waals surface area (Å²) in [4.78, 5) is 41.5. The van der Waals surface area contributed by atoms with Crippen LogP contribution in [0.15, 0.2) is 0 Å². The van der Waals surface area contributed by atoms with E-state index in [0.717, 1.165) is 0 Å². The average Bonchev–Trinajstić information content (AvgIpc) is 2.27. The van der Waals surface area contributed by atoms with Gasteiger partial charge >= 0.3 is 118 Å². The van der Waals surface area contributed by atoms with Crippen LogP contribution >= 0.6 is 0 Å². The van der Waals surface area contributed by atoms with Crippen LogP contribution in [0.25, 0.3) is 0 Å². The summed E-state index contributed by atoms with van der Waals surface area (Å²) in [6, 6.07) is -5.11. The second-order valence-electron chi connectivity index (χ2n) is 3.29. The van der Waals surface area contributed by atoms with Crippen molar-refractivity contribution < 1.29 is 168 Å². The molecule has 4 unspecified atom stereocenters. The first-order valence-corrected chi connectivity index (χ1v) is 4.55. The van der Waals surface area contributed by atoms with E-state index in [1.54, 1.807) is 0 Å². The molecular formula is C8H7NNa4O10. The van der Waals surface area contributed by atoms with Gasteiger partial charge in [-0.15, -0.1) is 0 Å². The predicted octanol–water partition coefficient (Wildman–Crippen LogP) is -20.9. The van der Waals surface area contributed by atoms with Crippen LogP contribution in [0.1, 0.15) is 0 Å². The Balaban J connectivity index is -0.000000270. The third-order valence-electron chi connectivity index (χ3n) is 1.98. The molecule has 0 aromatic rings. The molecule has 0 saturated heterocycles. The van der Waals surface area contributed by atoms with Gasteiger partial charge in [0.2, 0.25) is 0 Å². The van der Waals surface area contributed by atoms with Crippen LogP contribution in [0.4, 0.5) is 0 Å². The minimum Gasteiger partial charge on any atom is -0.548 e. The van der Waals surface area contributed by atoms with E-state index in [2.05, 4.69) is 0 Å². The third kappa shape index (κ3) is 12.7. The van der Waals surface area contributed by atoms with Crippen LogP contribution in [0.2, 0.25) is 0 Å². The molecule has 3 N–H and O–H groups in total. The Morgan fingerprint density at radius 1 is 0.609 bits per heavy atom.